The number of carbonyl (C=O) groups is 1. The molecule has 0 spiro atoms. The number of hydrogen-bond donors (Lipinski definition) is 0. The minimum Gasteiger partial charge on any atom is -0.497 e. The molecule has 1 aliphatic carbocycles. The molecule has 0 aromatic heterocycles. The van der Waals surface area contributed by atoms with E-state index in [2.05, 4.69) is 0 Å². The van der Waals surface area contributed by atoms with Gasteiger partial charge in [0, 0.05) is 13.1 Å². The first-order valence-electron chi connectivity index (χ1n) is 7.28. The third-order valence-electron chi connectivity index (χ3n) is 4.56. The van der Waals surface area contributed by atoms with Crippen LogP contribution in [-0.4, -0.2) is 44.2 Å². The summed E-state index contributed by atoms with van der Waals surface area (Å²) in [5, 5.41) is 0. The van der Waals surface area contributed by atoms with Crippen molar-refractivity contribution in [3.63, 3.8) is 0 Å². The van der Waals surface area contributed by atoms with Gasteiger partial charge in [-0.05, 0) is 30.5 Å². The minimum atomic E-state index is -0.302. The van der Waals surface area contributed by atoms with Crippen molar-refractivity contribution < 1.29 is 14.3 Å². The fraction of sp³-hybridized carbons (Fsp3) is 0.562. The lowest BCUT2D eigenvalue weighted by molar-refractivity contribution is -0.145. The number of benzene rings is 1. The lowest BCUT2D eigenvalue weighted by Gasteiger charge is -2.44. The Kier molecular flexibility index (Phi) is 3.66. The number of methoxy groups -OCH3 is 1. The Labute approximate surface area is 119 Å². The predicted molar refractivity (Wildman–Crippen MR) is 75.9 cm³/mol. The molecule has 1 heterocycles. The largest absolute Gasteiger partial charge is 0.497 e. The molecular formula is C16H21NO3. The second kappa shape index (κ2) is 5.44. The van der Waals surface area contributed by atoms with Gasteiger partial charge in [0.15, 0.2) is 0 Å². The molecular weight excluding hydrogens is 254 g/mol. The Morgan fingerprint density at radius 1 is 1.20 bits per heavy atom. The van der Waals surface area contributed by atoms with Gasteiger partial charge in [-0.3, -0.25) is 4.79 Å². The zero-order valence-corrected chi connectivity index (χ0v) is 11.9. The van der Waals surface area contributed by atoms with Crippen LogP contribution in [0, 0.1) is 0 Å². The quantitative estimate of drug-likeness (QED) is 0.846. The van der Waals surface area contributed by atoms with Crippen molar-refractivity contribution in [2.45, 2.75) is 24.7 Å². The standard InChI is InChI=1S/C16H21NO3/c1-19-14-5-3-13(4-6-14)16(7-2-8-16)15(18)17-9-11-20-12-10-17/h3-6H,2,7-12H2,1H3. The van der Waals surface area contributed by atoms with Crippen molar-refractivity contribution >= 4 is 5.91 Å². The van der Waals surface area contributed by atoms with E-state index in [9.17, 15) is 4.79 Å². The zero-order valence-electron chi connectivity index (χ0n) is 11.9. The van der Waals surface area contributed by atoms with E-state index in [1.165, 1.54) is 0 Å². The van der Waals surface area contributed by atoms with E-state index >= 15 is 0 Å². The first-order valence-corrected chi connectivity index (χ1v) is 7.28. The molecule has 0 bridgehead atoms. The summed E-state index contributed by atoms with van der Waals surface area (Å²) in [6.07, 6.45) is 3.03. The highest BCUT2D eigenvalue weighted by atomic mass is 16.5. The van der Waals surface area contributed by atoms with Crippen molar-refractivity contribution in [1.82, 2.24) is 4.90 Å². The Morgan fingerprint density at radius 2 is 1.85 bits per heavy atom. The van der Waals surface area contributed by atoms with Crippen LogP contribution in [-0.2, 0) is 14.9 Å². The van der Waals surface area contributed by atoms with Crippen molar-refractivity contribution in [2.24, 2.45) is 0 Å². The van der Waals surface area contributed by atoms with Crippen molar-refractivity contribution in [1.29, 1.82) is 0 Å². The van der Waals surface area contributed by atoms with Crippen LogP contribution in [0.3, 0.4) is 0 Å². The summed E-state index contributed by atoms with van der Waals surface area (Å²) in [4.78, 5) is 14.9. The average molecular weight is 275 g/mol. The predicted octanol–water partition coefficient (Wildman–Crippen LogP) is 1.98. The van der Waals surface area contributed by atoms with Crippen LogP contribution in [0.2, 0.25) is 0 Å². The lowest BCUT2D eigenvalue weighted by Crippen LogP contribution is -2.53. The first kappa shape index (κ1) is 13.4. The number of ether oxygens (including phenoxy) is 2. The van der Waals surface area contributed by atoms with Crippen LogP contribution in [0.15, 0.2) is 24.3 Å². The monoisotopic (exact) mass is 275 g/mol. The molecule has 1 saturated heterocycles. The molecule has 2 aliphatic rings. The fourth-order valence-corrected chi connectivity index (χ4v) is 3.14. The lowest BCUT2D eigenvalue weighted by atomic mass is 9.63. The molecule has 2 fully saturated rings. The van der Waals surface area contributed by atoms with Crippen LogP contribution in [0.4, 0.5) is 0 Å². The van der Waals surface area contributed by atoms with E-state index < -0.39 is 0 Å². The van der Waals surface area contributed by atoms with Crippen molar-refractivity contribution in [3.8, 4) is 5.75 Å². The van der Waals surface area contributed by atoms with Crippen molar-refractivity contribution in [3.05, 3.63) is 29.8 Å². The van der Waals surface area contributed by atoms with Gasteiger partial charge in [-0.2, -0.15) is 0 Å². The van der Waals surface area contributed by atoms with Gasteiger partial charge in [-0.25, -0.2) is 0 Å². The van der Waals surface area contributed by atoms with Crippen LogP contribution >= 0.6 is 0 Å². The average Bonchev–Trinajstić information content (AvgIpc) is 2.47. The first-order chi connectivity index (χ1) is 9.76. The second-order valence-corrected chi connectivity index (χ2v) is 5.57. The maximum Gasteiger partial charge on any atom is 0.233 e. The summed E-state index contributed by atoms with van der Waals surface area (Å²) in [6, 6.07) is 7.97. The molecule has 1 amide bonds. The maximum atomic E-state index is 12.9. The zero-order chi connectivity index (χ0) is 14.0. The summed E-state index contributed by atoms with van der Waals surface area (Å²) >= 11 is 0. The van der Waals surface area contributed by atoms with Gasteiger partial charge in [-0.1, -0.05) is 18.6 Å². The van der Waals surface area contributed by atoms with Gasteiger partial charge >= 0.3 is 0 Å². The van der Waals surface area contributed by atoms with Gasteiger partial charge in [0.05, 0.1) is 25.7 Å². The molecule has 4 heteroatoms. The third-order valence-corrected chi connectivity index (χ3v) is 4.56. The number of amides is 1. The molecule has 108 valence electrons. The molecule has 3 rings (SSSR count). The molecule has 1 saturated carbocycles. The van der Waals surface area contributed by atoms with Crippen LogP contribution in [0.1, 0.15) is 24.8 Å². The summed E-state index contributed by atoms with van der Waals surface area (Å²) in [7, 11) is 1.66. The van der Waals surface area contributed by atoms with Crippen LogP contribution < -0.4 is 4.74 Å². The topological polar surface area (TPSA) is 38.8 Å². The molecule has 0 N–H and O–H groups in total. The highest BCUT2D eigenvalue weighted by Crippen LogP contribution is 2.45. The SMILES string of the molecule is COc1ccc(C2(C(=O)N3CCOCC3)CCC2)cc1. The van der Waals surface area contributed by atoms with Gasteiger partial charge in [-0.15, -0.1) is 0 Å². The molecule has 20 heavy (non-hydrogen) atoms. The molecule has 0 radical (unpaired) electrons. The molecule has 4 nitrogen and oxygen atoms in total. The smallest absolute Gasteiger partial charge is 0.233 e. The number of carbonyl (C=O) groups excluding carboxylic acids is 1. The maximum absolute atomic E-state index is 12.9. The van der Waals surface area contributed by atoms with E-state index in [4.69, 9.17) is 9.47 Å². The van der Waals surface area contributed by atoms with Gasteiger partial charge < -0.3 is 14.4 Å². The Hall–Kier alpha value is -1.55. The summed E-state index contributed by atoms with van der Waals surface area (Å²) < 4.78 is 10.5. The summed E-state index contributed by atoms with van der Waals surface area (Å²) in [6.45, 7) is 2.75. The Morgan fingerprint density at radius 3 is 2.35 bits per heavy atom. The van der Waals surface area contributed by atoms with Crippen LogP contribution in [0.25, 0.3) is 0 Å². The number of morpholine rings is 1. The Balaban J connectivity index is 1.83. The van der Waals surface area contributed by atoms with E-state index in [1.54, 1.807) is 7.11 Å². The van der Waals surface area contributed by atoms with E-state index in [0.29, 0.717) is 13.2 Å². The number of hydrogen-bond acceptors (Lipinski definition) is 3. The van der Waals surface area contributed by atoms with Crippen molar-refractivity contribution in [2.75, 3.05) is 33.4 Å². The van der Waals surface area contributed by atoms with Gasteiger partial charge in [0.25, 0.3) is 0 Å². The fourth-order valence-electron chi connectivity index (χ4n) is 3.14. The number of rotatable bonds is 3. The highest BCUT2D eigenvalue weighted by molar-refractivity contribution is 5.89. The summed E-state index contributed by atoms with van der Waals surface area (Å²) in [5.41, 5.74) is 0.824. The van der Waals surface area contributed by atoms with Gasteiger partial charge in [0.2, 0.25) is 5.91 Å². The molecule has 1 aromatic rings. The molecule has 0 unspecified atom stereocenters. The molecule has 1 aromatic carbocycles. The van der Waals surface area contributed by atoms with E-state index in [1.807, 2.05) is 29.2 Å². The van der Waals surface area contributed by atoms with Crippen LogP contribution in [0.5, 0.6) is 5.75 Å². The Bertz CT molecular complexity index is 473. The van der Waals surface area contributed by atoms with E-state index in [-0.39, 0.29) is 11.3 Å². The summed E-state index contributed by atoms with van der Waals surface area (Å²) in [5.74, 6) is 1.11. The number of nitrogens with zero attached hydrogens (tertiary/aromatic N) is 1. The third kappa shape index (κ3) is 2.18. The minimum absolute atomic E-state index is 0.275. The highest BCUT2D eigenvalue weighted by Gasteiger charge is 2.47. The molecule has 1 aliphatic heterocycles. The normalized spacial score (nSPS) is 21.1. The molecule has 0 atom stereocenters. The van der Waals surface area contributed by atoms with E-state index in [0.717, 1.165) is 43.7 Å². The van der Waals surface area contributed by atoms with Gasteiger partial charge in [0.1, 0.15) is 5.75 Å². The second-order valence-electron chi connectivity index (χ2n) is 5.57.